The van der Waals surface area contributed by atoms with Crippen LogP contribution in [-0.2, 0) is 6.18 Å². The first-order valence-electron chi connectivity index (χ1n) is 8.21. The van der Waals surface area contributed by atoms with Crippen LogP contribution in [0.4, 0.5) is 24.8 Å². The van der Waals surface area contributed by atoms with Crippen LogP contribution in [0.3, 0.4) is 0 Å². The summed E-state index contributed by atoms with van der Waals surface area (Å²) in [6.45, 7) is 0. The van der Waals surface area contributed by atoms with Crippen molar-refractivity contribution >= 4 is 45.9 Å². The molecule has 0 unspecified atom stereocenters. The summed E-state index contributed by atoms with van der Waals surface area (Å²) in [6.07, 6.45) is -3.01. The lowest BCUT2D eigenvalue weighted by Gasteiger charge is -2.12. The molecule has 2 aromatic carbocycles. The van der Waals surface area contributed by atoms with Gasteiger partial charge in [0.15, 0.2) is 0 Å². The minimum absolute atomic E-state index is 0.00439. The van der Waals surface area contributed by atoms with Crippen LogP contribution >= 0.6 is 23.2 Å². The topological polar surface area (TPSA) is 62.8 Å². The zero-order chi connectivity index (χ0) is 20.6. The van der Waals surface area contributed by atoms with E-state index in [1.807, 2.05) is 0 Å². The number of anilines is 2. The number of aromatic amines is 1. The highest BCUT2D eigenvalue weighted by molar-refractivity contribution is 6.42. The van der Waals surface area contributed by atoms with Gasteiger partial charge in [0.2, 0.25) is 11.8 Å². The van der Waals surface area contributed by atoms with Crippen LogP contribution in [0.15, 0.2) is 54.7 Å². The minimum Gasteiger partial charge on any atom is -0.437 e. The number of aromatic nitrogens is 3. The maximum absolute atomic E-state index is 12.9. The highest BCUT2D eigenvalue weighted by atomic mass is 35.5. The second-order valence-corrected chi connectivity index (χ2v) is 6.79. The van der Waals surface area contributed by atoms with Crippen molar-refractivity contribution < 1.29 is 17.9 Å². The van der Waals surface area contributed by atoms with Gasteiger partial charge in [-0.2, -0.15) is 13.2 Å². The Balaban J connectivity index is 1.62. The summed E-state index contributed by atoms with van der Waals surface area (Å²) >= 11 is 12.0. The molecule has 0 aliphatic carbocycles. The van der Waals surface area contributed by atoms with Crippen molar-refractivity contribution in [2.75, 3.05) is 5.32 Å². The van der Waals surface area contributed by atoms with Gasteiger partial charge in [-0.15, -0.1) is 0 Å². The lowest BCUT2D eigenvalue weighted by Crippen LogP contribution is -2.04. The average Bonchev–Trinajstić information content (AvgIpc) is 3.04. The van der Waals surface area contributed by atoms with E-state index in [9.17, 15) is 13.2 Å². The Morgan fingerprint density at radius 3 is 2.59 bits per heavy atom. The number of rotatable bonds is 4. The van der Waals surface area contributed by atoms with Crippen LogP contribution in [-0.4, -0.2) is 15.0 Å². The molecule has 10 heteroatoms. The lowest BCUT2D eigenvalue weighted by atomic mass is 10.2. The maximum atomic E-state index is 12.9. The molecule has 0 aliphatic heterocycles. The maximum Gasteiger partial charge on any atom is 0.416 e. The van der Waals surface area contributed by atoms with Gasteiger partial charge in [0.05, 0.1) is 26.6 Å². The number of halogens is 5. The van der Waals surface area contributed by atoms with Gasteiger partial charge in [-0.3, -0.25) is 0 Å². The van der Waals surface area contributed by atoms with Gasteiger partial charge in [0.1, 0.15) is 11.4 Å². The Kier molecular flexibility index (Phi) is 4.97. The van der Waals surface area contributed by atoms with E-state index >= 15 is 0 Å². The number of fused-ring (bicyclic) bond motifs is 1. The lowest BCUT2D eigenvalue weighted by molar-refractivity contribution is -0.137. The van der Waals surface area contributed by atoms with Crippen LogP contribution in [0.25, 0.3) is 11.0 Å². The van der Waals surface area contributed by atoms with E-state index in [0.717, 1.165) is 12.1 Å². The summed E-state index contributed by atoms with van der Waals surface area (Å²) in [5.41, 5.74) is 0.838. The predicted molar refractivity (Wildman–Crippen MR) is 105 cm³/mol. The molecule has 0 radical (unpaired) electrons. The summed E-state index contributed by atoms with van der Waals surface area (Å²) in [7, 11) is 0. The van der Waals surface area contributed by atoms with Gasteiger partial charge in [-0.05, 0) is 42.5 Å². The quantitative estimate of drug-likeness (QED) is 0.366. The molecule has 4 rings (SSSR count). The fraction of sp³-hybridized carbons (Fsp3) is 0.0526. The van der Waals surface area contributed by atoms with Crippen LogP contribution < -0.4 is 10.1 Å². The van der Waals surface area contributed by atoms with Crippen molar-refractivity contribution in [3.05, 3.63) is 70.3 Å². The molecule has 0 amide bonds. The smallest absolute Gasteiger partial charge is 0.416 e. The summed E-state index contributed by atoms with van der Waals surface area (Å²) in [5, 5.41) is 3.75. The molecule has 2 N–H and O–H groups in total. The Labute approximate surface area is 172 Å². The van der Waals surface area contributed by atoms with Gasteiger partial charge in [-0.1, -0.05) is 29.3 Å². The number of alkyl halides is 3. The highest BCUT2D eigenvalue weighted by Gasteiger charge is 2.30. The zero-order valence-corrected chi connectivity index (χ0v) is 15.9. The summed E-state index contributed by atoms with van der Waals surface area (Å²) in [5.74, 6) is 0.452. The van der Waals surface area contributed by atoms with E-state index in [4.69, 9.17) is 27.9 Å². The molecule has 0 saturated heterocycles. The van der Waals surface area contributed by atoms with Crippen LogP contribution in [0.1, 0.15) is 5.56 Å². The molecular formula is C19H11Cl2F3N4O. The number of nitrogens with zero attached hydrogens (tertiary/aromatic N) is 2. The largest absolute Gasteiger partial charge is 0.437 e. The van der Waals surface area contributed by atoms with Crippen LogP contribution in [0.2, 0.25) is 10.0 Å². The number of hydrogen-bond donors (Lipinski definition) is 2. The fourth-order valence-electron chi connectivity index (χ4n) is 2.61. The number of hydrogen-bond acceptors (Lipinski definition) is 4. The van der Waals surface area contributed by atoms with E-state index in [1.54, 1.807) is 24.3 Å². The second-order valence-electron chi connectivity index (χ2n) is 5.98. The van der Waals surface area contributed by atoms with Gasteiger partial charge < -0.3 is 15.0 Å². The third kappa shape index (κ3) is 4.23. The predicted octanol–water partition coefficient (Wildman–Crippen LogP) is 6.82. The Morgan fingerprint density at radius 1 is 1.00 bits per heavy atom. The first kappa shape index (κ1) is 19.4. The molecule has 0 atom stereocenters. The van der Waals surface area contributed by atoms with Crippen molar-refractivity contribution in [1.29, 1.82) is 0 Å². The molecule has 2 aromatic heterocycles. The molecule has 5 nitrogen and oxygen atoms in total. The molecule has 0 spiro atoms. The minimum atomic E-state index is -4.47. The third-order valence-corrected chi connectivity index (χ3v) is 4.65. The Bertz CT molecular complexity index is 1150. The monoisotopic (exact) mass is 438 g/mol. The molecule has 4 aromatic rings. The zero-order valence-electron chi connectivity index (χ0n) is 14.4. The Hall–Kier alpha value is -2.97. The Morgan fingerprint density at radius 2 is 1.79 bits per heavy atom. The van der Waals surface area contributed by atoms with E-state index in [0.29, 0.717) is 32.7 Å². The number of ether oxygens (including phenoxy) is 1. The van der Waals surface area contributed by atoms with E-state index < -0.39 is 11.7 Å². The van der Waals surface area contributed by atoms with Crippen molar-refractivity contribution in [2.24, 2.45) is 0 Å². The first-order chi connectivity index (χ1) is 13.8. The molecule has 148 valence electrons. The van der Waals surface area contributed by atoms with E-state index in [1.165, 1.54) is 18.3 Å². The number of benzene rings is 2. The van der Waals surface area contributed by atoms with Gasteiger partial charge in [-0.25, -0.2) is 9.97 Å². The van der Waals surface area contributed by atoms with E-state index in [2.05, 4.69) is 20.3 Å². The number of H-pyrrole nitrogens is 1. The van der Waals surface area contributed by atoms with E-state index in [-0.39, 0.29) is 11.6 Å². The second kappa shape index (κ2) is 7.46. The molecule has 29 heavy (non-hydrogen) atoms. The van der Waals surface area contributed by atoms with Crippen molar-refractivity contribution in [3.8, 4) is 11.6 Å². The van der Waals surface area contributed by atoms with Crippen molar-refractivity contribution in [2.45, 2.75) is 6.18 Å². The standard InChI is InChI=1S/C19H11Cl2F3N4O/c20-12-8-15-16(9-13(12)21)28-18(27-15)26-14-5-2-6-25-17(14)29-11-4-1-3-10(7-11)19(22,23)24/h1-9H,(H2,26,27,28). The first-order valence-corrected chi connectivity index (χ1v) is 8.97. The summed E-state index contributed by atoms with van der Waals surface area (Å²) in [6, 6.07) is 11.1. The average molecular weight is 439 g/mol. The SMILES string of the molecule is FC(F)(F)c1cccc(Oc2ncccc2Nc2nc3cc(Cl)c(Cl)cc3[nH]2)c1. The van der Waals surface area contributed by atoms with Gasteiger partial charge in [0, 0.05) is 6.20 Å². The summed E-state index contributed by atoms with van der Waals surface area (Å²) < 4.78 is 44.3. The van der Waals surface area contributed by atoms with Crippen LogP contribution in [0, 0.1) is 0 Å². The molecule has 0 saturated carbocycles. The normalized spacial score (nSPS) is 11.6. The number of pyridine rings is 1. The molecule has 0 aliphatic rings. The third-order valence-electron chi connectivity index (χ3n) is 3.92. The molecule has 0 fully saturated rings. The van der Waals surface area contributed by atoms with Gasteiger partial charge >= 0.3 is 6.18 Å². The number of imidazole rings is 1. The number of nitrogens with one attached hydrogen (secondary N) is 2. The van der Waals surface area contributed by atoms with Crippen molar-refractivity contribution in [3.63, 3.8) is 0 Å². The van der Waals surface area contributed by atoms with Gasteiger partial charge in [0.25, 0.3) is 0 Å². The summed E-state index contributed by atoms with van der Waals surface area (Å²) in [4.78, 5) is 11.5. The molecule has 0 bridgehead atoms. The van der Waals surface area contributed by atoms with Crippen molar-refractivity contribution in [1.82, 2.24) is 15.0 Å². The molecule has 2 heterocycles. The van der Waals surface area contributed by atoms with Crippen LogP contribution in [0.5, 0.6) is 11.6 Å². The highest BCUT2D eigenvalue weighted by Crippen LogP contribution is 2.34. The fourth-order valence-corrected chi connectivity index (χ4v) is 2.93. The molecular weight excluding hydrogens is 428 g/mol.